The van der Waals surface area contributed by atoms with Gasteiger partial charge in [-0.3, -0.25) is 0 Å². The van der Waals surface area contributed by atoms with E-state index in [-0.39, 0.29) is 17.3 Å². The van der Waals surface area contributed by atoms with E-state index in [1.807, 2.05) is 13.1 Å². The summed E-state index contributed by atoms with van der Waals surface area (Å²) in [6.07, 6.45) is 2.86. The molecule has 1 unspecified atom stereocenters. The fourth-order valence-corrected chi connectivity index (χ4v) is 2.40. The number of aryl methyl sites for hydroxylation is 1. The number of thiazole rings is 1. The summed E-state index contributed by atoms with van der Waals surface area (Å²) in [5.74, 6) is 0.450. The van der Waals surface area contributed by atoms with Crippen LogP contribution in [0.5, 0.6) is 0 Å². The molecule has 0 aliphatic rings. The number of nitrogens with one attached hydrogen (secondary N) is 1. The molecule has 0 saturated carbocycles. The van der Waals surface area contributed by atoms with Crippen molar-refractivity contribution in [3.63, 3.8) is 0 Å². The number of anilines is 2. The summed E-state index contributed by atoms with van der Waals surface area (Å²) < 4.78 is 0. The molecule has 0 bridgehead atoms. The Kier molecular flexibility index (Phi) is 3.93. The molecular formula is C10H13ClN6S. The lowest BCUT2D eigenvalue weighted by Crippen LogP contribution is -2.11. The number of hydrogen-bond acceptors (Lipinski definition) is 7. The van der Waals surface area contributed by atoms with Crippen molar-refractivity contribution in [2.24, 2.45) is 0 Å². The maximum Gasteiger partial charge on any atom is 0.229 e. The summed E-state index contributed by atoms with van der Waals surface area (Å²) in [5, 5.41) is 4.15. The molecular weight excluding hydrogens is 272 g/mol. The van der Waals surface area contributed by atoms with E-state index < -0.39 is 0 Å². The summed E-state index contributed by atoms with van der Waals surface area (Å²) in [7, 11) is 0. The van der Waals surface area contributed by atoms with Gasteiger partial charge in [-0.05, 0) is 24.9 Å². The van der Waals surface area contributed by atoms with Crippen LogP contribution in [0, 0.1) is 0 Å². The van der Waals surface area contributed by atoms with Crippen LogP contribution >= 0.6 is 22.9 Å². The van der Waals surface area contributed by atoms with Crippen molar-refractivity contribution in [2.45, 2.75) is 26.3 Å². The van der Waals surface area contributed by atoms with Crippen LogP contribution in [0.15, 0.2) is 6.20 Å². The highest BCUT2D eigenvalue weighted by Crippen LogP contribution is 2.23. The average molecular weight is 285 g/mol. The molecule has 0 aromatic carbocycles. The van der Waals surface area contributed by atoms with E-state index in [2.05, 4.69) is 32.2 Å². The van der Waals surface area contributed by atoms with Crippen LogP contribution in [0.1, 0.15) is 29.8 Å². The van der Waals surface area contributed by atoms with Gasteiger partial charge in [0.05, 0.1) is 6.04 Å². The number of nitrogens with two attached hydrogens (primary N) is 1. The molecule has 0 saturated heterocycles. The van der Waals surface area contributed by atoms with E-state index in [1.165, 1.54) is 4.88 Å². The van der Waals surface area contributed by atoms with E-state index >= 15 is 0 Å². The Morgan fingerprint density at radius 1 is 1.44 bits per heavy atom. The maximum absolute atomic E-state index is 5.71. The van der Waals surface area contributed by atoms with Gasteiger partial charge in [0.1, 0.15) is 5.01 Å². The van der Waals surface area contributed by atoms with Crippen LogP contribution in [-0.4, -0.2) is 19.9 Å². The zero-order valence-electron chi connectivity index (χ0n) is 10.0. The van der Waals surface area contributed by atoms with Crippen molar-refractivity contribution >= 4 is 34.8 Å². The minimum atomic E-state index is -0.00633. The van der Waals surface area contributed by atoms with Crippen molar-refractivity contribution in [2.75, 3.05) is 11.1 Å². The van der Waals surface area contributed by atoms with Crippen molar-refractivity contribution in [1.29, 1.82) is 0 Å². The minimum absolute atomic E-state index is 0.00633. The second kappa shape index (κ2) is 5.45. The first-order valence-electron chi connectivity index (χ1n) is 5.46. The highest BCUT2D eigenvalue weighted by Gasteiger charge is 2.12. The molecule has 1 atom stereocenters. The Morgan fingerprint density at radius 2 is 2.22 bits per heavy atom. The molecule has 0 amide bonds. The van der Waals surface area contributed by atoms with Gasteiger partial charge in [0.15, 0.2) is 0 Å². The largest absolute Gasteiger partial charge is 0.368 e. The number of nitrogens with zero attached hydrogens (tertiary/aromatic N) is 4. The van der Waals surface area contributed by atoms with E-state index in [0.717, 1.165) is 11.4 Å². The standard InChI is InChI=1S/C10H13ClN6S/c1-3-6-4-13-7(18-6)5(2)14-10-16-8(11)15-9(12)17-10/h4-5H,3H2,1-2H3,(H3,12,14,15,16,17). The number of halogens is 1. The first kappa shape index (κ1) is 13.0. The number of nitrogen functional groups attached to an aromatic ring is 1. The predicted octanol–water partition coefficient (Wildman–Crippen LogP) is 2.30. The van der Waals surface area contributed by atoms with Crippen LogP contribution in [-0.2, 0) is 6.42 Å². The molecule has 0 spiro atoms. The molecule has 96 valence electrons. The number of rotatable bonds is 4. The lowest BCUT2D eigenvalue weighted by molar-refractivity contribution is 0.844. The van der Waals surface area contributed by atoms with Crippen molar-refractivity contribution < 1.29 is 0 Å². The second-order valence-corrected chi connectivity index (χ2v) is 5.16. The van der Waals surface area contributed by atoms with Crippen LogP contribution in [0.2, 0.25) is 5.28 Å². The SMILES string of the molecule is CCc1cnc(C(C)Nc2nc(N)nc(Cl)n2)s1. The fraction of sp³-hybridized carbons (Fsp3) is 0.400. The highest BCUT2D eigenvalue weighted by molar-refractivity contribution is 7.11. The molecule has 6 nitrogen and oxygen atoms in total. The van der Waals surface area contributed by atoms with Crippen LogP contribution in [0.4, 0.5) is 11.9 Å². The molecule has 0 fully saturated rings. The Labute approximate surface area is 114 Å². The van der Waals surface area contributed by atoms with Crippen LogP contribution < -0.4 is 11.1 Å². The summed E-state index contributed by atoms with van der Waals surface area (Å²) >= 11 is 7.37. The Balaban J connectivity index is 2.12. The maximum atomic E-state index is 5.71. The predicted molar refractivity (Wildman–Crippen MR) is 72.8 cm³/mol. The zero-order chi connectivity index (χ0) is 13.1. The topological polar surface area (TPSA) is 89.6 Å². The van der Waals surface area contributed by atoms with Crippen LogP contribution in [0.25, 0.3) is 0 Å². The molecule has 2 heterocycles. The minimum Gasteiger partial charge on any atom is -0.368 e. The normalized spacial score (nSPS) is 12.4. The van der Waals surface area contributed by atoms with Gasteiger partial charge in [-0.2, -0.15) is 15.0 Å². The lowest BCUT2D eigenvalue weighted by Gasteiger charge is -2.10. The number of hydrogen-bond donors (Lipinski definition) is 2. The summed E-state index contributed by atoms with van der Waals surface area (Å²) in [5.41, 5.74) is 5.50. The van der Waals surface area contributed by atoms with Gasteiger partial charge in [-0.15, -0.1) is 11.3 Å². The second-order valence-electron chi connectivity index (χ2n) is 3.67. The summed E-state index contributed by atoms with van der Waals surface area (Å²) in [6, 6.07) is -0.00633. The molecule has 3 N–H and O–H groups in total. The molecule has 2 rings (SSSR count). The highest BCUT2D eigenvalue weighted by atomic mass is 35.5. The van der Waals surface area contributed by atoms with E-state index in [0.29, 0.717) is 5.95 Å². The Bertz CT molecular complexity index is 523. The van der Waals surface area contributed by atoms with E-state index in [9.17, 15) is 0 Å². The summed E-state index contributed by atoms with van der Waals surface area (Å²) in [6.45, 7) is 4.08. The smallest absolute Gasteiger partial charge is 0.229 e. The Morgan fingerprint density at radius 3 is 2.83 bits per heavy atom. The third-order valence-corrected chi connectivity index (χ3v) is 3.75. The van der Waals surface area contributed by atoms with Gasteiger partial charge in [0.2, 0.25) is 17.2 Å². The van der Waals surface area contributed by atoms with Gasteiger partial charge in [0.25, 0.3) is 0 Å². The first-order valence-corrected chi connectivity index (χ1v) is 6.66. The third kappa shape index (κ3) is 3.05. The quantitative estimate of drug-likeness (QED) is 0.895. The van der Waals surface area contributed by atoms with Crippen molar-refractivity contribution in [3.05, 3.63) is 21.4 Å². The van der Waals surface area contributed by atoms with Gasteiger partial charge in [0, 0.05) is 11.1 Å². The molecule has 2 aromatic heterocycles. The van der Waals surface area contributed by atoms with Crippen LogP contribution in [0.3, 0.4) is 0 Å². The molecule has 8 heteroatoms. The van der Waals surface area contributed by atoms with E-state index in [1.54, 1.807) is 11.3 Å². The lowest BCUT2D eigenvalue weighted by atomic mass is 10.3. The van der Waals surface area contributed by atoms with Gasteiger partial charge < -0.3 is 11.1 Å². The van der Waals surface area contributed by atoms with Gasteiger partial charge in [-0.1, -0.05) is 6.92 Å². The molecule has 18 heavy (non-hydrogen) atoms. The van der Waals surface area contributed by atoms with Crippen molar-refractivity contribution in [1.82, 2.24) is 19.9 Å². The average Bonchev–Trinajstić information content (AvgIpc) is 2.75. The van der Waals surface area contributed by atoms with Crippen molar-refractivity contribution in [3.8, 4) is 0 Å². The molecule has 2 aromatic rings. The molecule has 0 aliphatic heterocycles. The monoisotopic (exact) mass is 284 g/mol. The van der Waals surface area contributed by atoms with Gasteiger partial charge in [-0.25, -0.2) is 4.98 Å². The number of aromatic nitrogens is 4. The molecule has 0 aliphatic carbocycles. The van der Waals surface area contributed by atoms with E-state index in [4.69, 9.17) is 17.3 Å². The Hall–Kier alpha value is -1.47. The zero-order valence-corrected chi connectivity index (χ0v) is 11.6. The fourth-order valence-electron chi connectivity index (χ4n) is 1.37. The first-order chi connectivity index (χ1) is 8.58. The molecule has 0 radical (unpaired) electrons. The third-order valence-electron chi connectivity index (χ3n) is 2.26. The van der Waals surface area contributed by atoms with Gasteiger partial charge >= 0.3 is 0 Å². The summed E-state index contributed by atoms with van der Waals surface area (Å²) in [4.78, 5) is 17.2.